The van der Waals surface area contributed by atoms with Crippen LogP contribution in [0.3, 0.4) is 0 Å². The molecule has 0 aliphatic heterocycles. The Kier molecular flexibility index (Phi) is 7.07. The summed E-state index contributed by atoms with van der Waals surface area (Å²) in [5, 5.41) is 40.1. The van der Waals surface area contributed by atoms with Gasteiger partial charge in [-0.15, -0.1) is 0 Å². The average molecular weight is 299 g/mol. The second kappa shape index (κ2) is 8.31. The molecule has 6 heteroatoms. The van der Waals surface area contributed by atoms with Gasteiger partial charge in [-0.1, -0.05) is 17.7 Å². The maximum Gasteiger partial charge on any atom is 0.122 e. The van der Waals surface area contributed by atoms with Crippen LogP contribution in [0.4, 0.5) is 0 Å². The molecule has 0 heterocycles. The van der Waals surface area contributed by atoms with Crippen molar-refractivity contribution in [3.05, 3.63) is 29.3 Å². The number of rotatable bonds is 9. The first-order valence-electron chi connectivity index (χ1n) is 6.92. The average Bonchev–Trinajstić information content (AvgIpc) is 2.48. The predicted octanol–water partition coefficient (Wildman–Crippen LogP) is -0.652. The number of β-amino-alcohol motifs (C(OH)–C–C–N with tert-alkyl or cyclic N) is 1. The van der Waals surface area contributed by atoms with E-state index in [0.29, 0.717) is 5.75 Å². The highest BCUT2D eigenvalue weighted by atomic mass is 16.5. The molecule has 120 valence electrons. The van der Waals surface area contributed by atoms with Gasteiger partial charge in [0.05, 0.1) is 25.4 Å². The first-order valence-corrected chi connectivity index (χ1v) is 6.92. The Balaban J connectivity index is 2.45. The van der Waals surface area contributed by atoms with Crippen molar-refractivity contribution in [3.63, 3.8) is 0 Å². The van der Waals surface area contributed by atoms with Gasteiger partial charge in [0.15, 0.2) is 0 Å². The molecular weight excluding hydrogens is 274 g/mol. The zero-order valence-electron chi connectivity index (χ0n) is 12.5. The SMILES string of the molecule is Cc1ccc(OCC(O)CNC(CO)(CO)CO)c(C)c1. The minimum Gasteiger partial charge on any atom is -0.491 e. The zero-order chi connectivity index (χ0) is 15.9. The van der Waals surface area contributed by atoms with Crippen LogP contribution in [0.25, 0.3) is 0 Å². The van der Waals surface area contributed by atoms with E-state index in [-0.39, 0.29) is 13.2 Å². The molecule has 0 amide bonds. The second-order valence-electron chi connectivity index (χ2n) is 5.37. The molecule has 1 atom stereocenters. The Bertz CT molecular complexity index is 426. The summed E-state index contributed by atoms with van der Waals surface area (Å²) in [7, 11) is 0. The van der Waals surface area contributed by atoms with E-state index in [1.165, 1.54) is 0 Å². The molecule has 0 bridgehead atoms. The van der Waals surface area contributed by atoms with Crippen LogP contribution in [-0.2, 0) is 0 Å². The third-order valence-corrected chi connectivity index (χ3v) is 3.38. The number of aliphatic hydroxyl groups is 4. The molecule has 21 heavy (non-hydrogen) atoms. The first kappa shape index (κ1) is 17.9. The van der Waals surface area contributed by atoms with Gasteiger partial charge < -0.3 is 30.5 Å². The van der Waals surface area contributed by atoms with E-state index in [2.05, 4.69) is 5.32 Å². The van der Waals surface area contributed by atoms with Crippen LogP contribution in [0.2, 0.25) is 0 Å². The minimum absolute atomic E-state index is 0.0786. The Morgan fingerprint density at radius 3 is 2.29 bits per heavy atom. The minimum atomic E-state index is -1.19. The fourth-order valence-corrected chi connectivity index (χ4v) is 1.86. The molecule has 0 aliphatic rings. The van der Waals surface area contributed by atoms with Crippen molar-refractivity contribution in [1.82, 2.24) is 5.32 Å². The Morgan fingerprint density at radius 1 is 1.14 bits per heavy atom. The number of hydrogen-bond acceptors (Lipinski definition) is 6. The van der Waals surface area contributed by atoms with Gasteiger partial charge in [0, 0.05) is 6.54 Å². The predicted molar refractivity (Wildman–Crippen MR) is 79.4 cm³/mol. The topological polar surface area (TPSA) is 102 Å². The van der Waals surface area contributed by atoms with Crippen LogP contribution in [0.5, 0.6) is 5.75 Å². The van der Waals surface area contributed by atoms with Crippen molar-refractivity contribution in [2.45, 2.75) is 25.5 Å². The molecule has 0 aliphatic carbocycles. The normalized spacial score (nSPS) is 13.2. The van der Waals surface area contributed by atoms with Crippen LogP contribution in [0, 0.1) is 13.8 Å². The van der Waals surface area contributed by atoms with Crippen LogP contribution < -0.4 is 10.1 Å². The summed E-state index contributed by atoms with van der Waals surface area (Å²) in [5.74, 6) is 0.706. The van der Waals surface area contributed by atoms with E-state index in [1.54, 1.807) is 0 Å². The fourth-order valence-electron chi connectivity index (χ4n) is 1.86. The molecule has 1 aromatic carbocycles. The van der Waals surface area contributed by atoms with E-state index in [1.807, 2.05) is 32.0 Å². The van der Waals surface area contributed by atoms with Crippen molar-refractivity contribution in [1.29, 1.82) is 0 Å². The molecule has 1 unspecified atom stereocenters. The highest BCUT2D eigenvalue weighted by Gasteiger charge is 2.28. The Labute approximate surface area is 125 Å². The van der Waals surface area contributed by atoms with Crippen LogP contribution in [-0.4, -0.2) is 65.0 Å². The number of hydrogen-bond donors (Lipinski definition) is 5. The molecule has 0 saturated heterocycles. The number of aliphatic hydroxyl groups excluding tert-OH is 4. The van der Waals surface area contributed by atoms with Gasteiger partial charge in [0.2, 0.25) is 0 Å². The molecular formula is C15H25NO5. The van der Waals surface area contributed by atoms with Crippen LogP contribution in [0.1, 0.15) is 11.1 Å². The van der Waals surface area contributed by atoms with Gasteiger partial charge in [0.25, 0.3) is 0 Å². The highest BCUT2D eigenvalue weighted by molar-refractivity contribution is 5.35. The summed E-state index contributed by atoms with van der Waals surface area (Å²) in [4.78, 5) is 0. The standard InChI is InChI=1S/C15H25NO5/c1-11-3-4-14(12(2)5-11)21-7-13(20)6-16-15(8-17,9-18)10-19/h3-5,13,16-20H,6-10H2,1-2H3. The van der Waals surface area contributed by atoms with Gasteiger partial charge in [-0.05, 0) is 25.5 Å². The van der Waals surface area contributed by atoms with E-state index >= 15 is 0 Å². The van der Waals surface area contributed by atoms with Gasteiger partial charge in [-0.3, -0.25) is 0 Å². The summed E-state index contributed by atoms with van der Waals surface area (Å²) in [5.41, 5.74) is 0.937. The van der Waals surface area contributed by atoms with Crippen molar-refractivity contribution >= 4 is 0 Å². The third-order valence-electron chi connectivity index (χ3n) is 3.38. The number of aryl methyl sites for hydroxylation is 2. The number of nitrogens with one attached hydrogen (secondary N) is 1. The van der Waals surface area contributed by atoms with Gasteiger partial charge in [-0.25, -0.2) is 0 Å². The van der Waals surface area contributed by atoms with Crippen LogP contribution in [0.15, 0.2) is 18.2 Å². The molecule has 0 aromatic heterocycles. The molecule has 6 nitrogen and oxygen atoms in total. The summed E-state index contributed by atoms with van der Waals surface area (Å²) in [6, 6.07) is 5.78. The molecule has 0 spiro atoms. The summed E-state index contributed by atoms with van der Waals surface area (Å²) in [6.07, 6.45) is -0.824. The smallest absolute Gasteiger partial charge is 0.122 e. The highest BCUT2D eigenvalue weighted by Crippen LogP contribution is 2.18. The third kappa shape index (κ3) is 5.26. The lowest BCUT2D eigenvalue weighted by Crippen LogP contribution is -2.57. The molecule has 1 aromatic rings. The Hall–Kier alpha value is -1.18. The van der Waals surface area contributed by atoms with E-state index in [4.69, 9.17) is 20.1 Å². The van der Waals surface area contributed by atoms with Gasteiger partial charge in [-0.2, -0.15) is 0 Å². The van der Waals surface area contributed by atoms with Crippen molar-refractivity contribution in [3.8, 4) is 5.75 Å². The maximum atomic E-state index is 9.87. The summed E-state index contributed by atoms with van der Waals surface area (Å²) >= 11 is 0. The lowest BCUT2D eigenvalue weighted by molar-refractivity contribution is 0.0260. The maximum absolute atomic E-state index is 9.87. The van der Waals surface area contributed by atoms with Crippen molar-refractivity contribution in [2.24, 2.45) is 0 Å². The quantitative estimate of drug-likeness (QED) is 0.415. The summed E-state index contributed by atoms with van der Waals surface area (Å²) < 4.78 is 5.54. The lowest BCUT2D eigenvalue weighted by atomic mass is 10.0. The van der Waals surface area contributed by atoms with Crippen LogP contribution >= 0.6 is 0 Å². The van der Waals surface area contributed by atoms with Gasteiger partial charge >= 0.3 is 0 Å². The van der Waals surface area contributed by atoms with Crippen molar-refractivity contribution < 1.29 is 25.2 Å². The fraction of sp³-hybridized carbons (Fsp3) is 0.600. The number of ether oxygens (including phenoxy) is 1. The second-order valence-corrected chi connectivity index (χ2v) is 5.37. The van der Waals surface area contributed by atoms with E-state index < -0.39 is 31.5 Å². The monoisotopic (exact) mass is 299 g/mol. The van der Waals surface area contributed by atoms with Crippen molar-refractivity contribution in [2.75, 3.05) is 33.0 Å². The first-order chi connectivity index (χ1) is 9.96. The lowest BCUT2D eigenvalue weighted by Gasteiger charge is -2.30. The molecule has 1 rings (SSSR count). The van der Waals surface area contributed by atoms with E-state index in [0.717, 1.165) is 11.1 Å². The molecule has 5 N–H and O–H groups in total. The molecule has 0 fully saturated rings. The zero-order valence-corrected chi connectivity index (χ0v) is 12.5. The Morgan fingerprint density at radius 2 is 1.76 bits per heavy atom. The van der Waals surface area contributed by atoms with E-state index in [9.17, 15) is 5.11 Å². The summed E-state index contributed by atoms with van der Waals surface area (Å²) in [6.45, 7) is 2.82. The largest absolute Gasteiger partial charge is 0.491 e. The molecule has 0 saturated carbocycles. The number of benzene rings is 1. The molecule has 0 radical (unpaired) electrons. The van der Waals surface area contributed by atoms with Gasteiger partial charge in [0.1, 0.15) is 18.5 Å².